The van der Waals surface area contributed by atoms with Crippen LogP contribution in [0, 0.1) is 11.6 Å². The lowest BCUT2D eigenvalue weighted by molar-refractivity contribution is -0.136. The molecule has 0 radical (unpaired) electrons. The van der Waals surface area contributed by atoms with Gasteiger partial charge in [-0.05, 0) is 17.7 Å². The van der Waals surface area contributed by atoms with Gasteiger partial charge in [0.1, 0.15) is 18.1 Å². The molecular formula is C22H23F2N3O2. The lowest BCUT2D eigenvalue weighted by Gasteiger charge is -2.34. The molecule has 1 saturated heterocycles. The number of carbonyl (C=O) groups is 2. The van der Waals surface area contributed by atoms with Crippen molar-refractivity contribution in [2.45, 2.75) is 6.42 Å². The molecule has 7 heteroatoms. The van der Waals surface area contributed by atoms with E-state index in [2.05, 4.69) is 22.4 Å². The molecule has 1 heterocycles. The summed E-state index contributed by atoms with van der Waals surface area (Å²) >= 11 is 0. The topological polar surface area (TPSA) is 52.7 Å². The van der Waals surface area contributed by atoms with Crippen LogP contribution in [0.25, 0.3) is 6.08 Å². The number of nitrogens with zero attached hydrogens (tertiary/aromatic N) is 2. The molecule has 1 N–H and O–H groups in total. The minimum absolute atomic E-state index is 0.140. The quantitative estimate of drug-likeness (QED) is 0.760. The summed E-state index contributed by atoms with van der Waals surface area (Å²) in [6.07, 6.45) is 3.79. The Hall–Kier alpha value is -3.06. The van der Waals surface area contributed by atoms with E-state index < -0.39 is 17.5 Å². The number of carbonyl (C=O) groups excluding carboxylic acids is 2. The van der Waals surface area contributed by atoms with Crippen molar-refractivity contribution in [2.24, 2.45) is 0 Å². The zero-order valence-corrected chi connectivity index (χ0v) is 16.0. The van der Waals surface area contributed by atoms with E-state index in [1.807, 2.05) is 30.3 Å². The highest BCUT2D eigenvalue weighted by molar-refractivity contribution is 6.03. The molecule has 2 amide bonds. The molecule has 0 bridgehead atoms. The maximum absolute atomic E-state index is 13.6. The van der Waals surface area contributed by atoms with Crippen LogP contribution < -0.4 is 5.32 Å². The molecule has 29 heavy (non-hydrogen) atoms. The highest BCUT2D eigenvalue weighted by Gasteiger charge is 2.22. The summed E-state index contributed by atoms with van der Waals surface area (Å²) in [6.45, 7) is 3.31. The van der Waals surface area contributed by atoms with E-state index in [0.29, 0.717) is 19.2 Å². The Kier molecular flexibility index (Phi) is 7.08. The zero-order valence-electron chi connectivity index (χ0n) is 16.0. The third-order valence-corrected chi connectivity index (χ3v) is 4.72. The first kappa shape index (κ1) is 20.7. The first-order valence-electron chi connectivity index (χ1n) is 9.48. The lowest BCUT2D eigenvalue weighted by Crippen LogP contribution is -2.49. The largest absolute Gasteiger partial charge is 0.340 e. The van der Waals surface area contributed by atoms with Gasteiger partial charge >= 0.3 is 0 Å². The summed E-state index contributed by atoms with van der Waals surface area (Å²) in [5, 5.41) is 2.31. The average Bonchev–Trinajstić information content (AvgIpc) is 2.71. The molecule has 152 valence electrons. The van der Waals surface area contributed by atoms with Gasteiger partial charge in [0.05, 0.1) is 5.69 Å². The number of piperazine rings is 1. The Morgan fingerprint density at radius 1 is 1.00 bits per heavy atom. The summed E-state index contributed by atoms with van der Waals surface area (Å²) in [7, 11) is 0. The Balaban J connectivity index is 1.41. The number of hydrogen-bond acceptors (Lipinski definition) is 3. The monoisotopic (exact) mass is 399 g/mol. The molecule has 1 fully saturated rings. The first-order valence-corrected chi connectivity index (χ1v) is 9.48. The summed E-state index contributed by atoms with van der Waals surface area (Å²) < 4.78 is 26.5. The Morgan fingerprint density at radius 2 is 1.72 bits per heavy atom. The number of amides is 2. The number of hydrogen-bond donors (Lipinski definition) is 1. The van der Waals surface area contributed by atoms with Crippen molar-refractivity contribution in [3.63, 3.8) is 0 Å². The SMILES string of the molecule is O=C(CC(=O)N1CCN(C/C=C/c2ccccc2)CC1)Nc1ccc(F)cc1F. The fourth-order valence-corrected chi connectivity index (χ4v) is 3.12. The van der Waals surface area contributed by atoms with Gasteiger partial charge in [0.15, 0.2) is 0 Å². The first-order chi connectivity index (χ1) is 14.0. The smallest absolute Gasteiger partial charge is 0.233 e. The van der Waals surface area contributed by atoms with Crippen LogP contribution in [-0.2, 0) is 9.59 Å². The van der Waals surface area contributed by atoms with Crippen molar-refractivity contribution >= 4 is 23.6 Å². The predicted molar refractivity (Wildman–Crippen MR) is 108 cm³/mol. The van der Waals surface area contributed by atoms with Gasteiger partial charge in [-0.15, -0.1) is 0 Å². The zero-order chi connectivity index (χ0) is 20.6. The minimum Gasteiger partial charge on any atom is -0.340 e. The normalized spacial score (nSPS) is 14.9. The van der Waals surface area contributed by atoms with Gasteiger partial charge in [-0.2, -0.15) is 0 Å². The molecule has 0 unspecified atom stereocenters. The van der Waals surface area contributed by atoms with E-state index in [1.165, 1.54) is 0 Å². The molecule has 2 aromatic rings. The molecule has 0 spiro atoms. The number of rotatable bonds is 6. The maximum Gasteiger partial charge on any atom is 0.233 e. The molecule has 0 aromatic heterocycles. The van der Waals surface area contributed by atoms with Gasteiger partial charge < -0.3 is 10.2 Å². The molecule has 0 aliphatic carbocycles. The number of nitrogens with one attached hydrogen (secondary N) is 1. The summed E-state index contributed by atoms with van der Waals surface area (Å²) in [6, 6.07) is 12.9. The summed E-state index contributed by atoms with van der Waals surface area (Å²) in [5.74, 6) is -2.52. The van der Waals surface area contributed by atoms with Crippen LogP contribution in [0.3, 0.4) is 0 Å². The second kappa shape index (κ2) is 9.93. The van der Waals surface area contributed by atoms with Crippen LogP contribution in [-0.4, -0.2) is 54.3 Å². The Bertz CT molecular complexity index is 879. The maximum atomic E-state index is 13.6. The van der Waals surface area contributed by atoms with Crippen LogP contribution in [0.15, 0.2) is 54.6 Å². The van der Waals surface area contributed by atoms with Gasteiger partial charge in [-0.3, -0.25) is 14.5 Å². The molecular weight excluding hydrogens is 376 g/mol. The molecule has 1 aliphatic rings. The van der Waals surface area contributed by atoms with E-state index in [1.54, 1.807) is 4.90 Å². The van der Waals surface area contributed by atoms with E-state index in [9.17, 15) is 18.4 Å². The number of anilines is 1. The van der Waals surface area contributed by atoms with Gasteiger partial charge in [-0.1, -0.05) is 42.5 Å². The Morgan fingerprint density at radius 3 is 2.41 bits per heavy atom. The third-order valence-electron chi connectivity index (χ3n) is 4.72. The standard InChI is InChI=1S/C22H23F2N3O2/c23-18-8-9-20(19(24)15-18)25-21(28)16-22(29)27-13-11-26(12-14-27)10-4-7-17-5-2-1-3-6-17/h1-9,15H,10-14,16H2,(H,25,28)/b7-4+. The van der Waals surface area contributed by atoms with Crippen LogP contribution in [0.1, 0.15) is 12.0 Å². The molecule has 1 aliphatic heterocycles. The second-order valence-corrected chi connectivity index (χ2v) is 6.84. The minimum atomic E-state index is -0.872. The van der Waals surface area contributed by atoms with Crippen molar-refractivity contribution in [2.75, 3.05) is 38.0 Å². The van der Waals surface area contributed by atoms with Crippen molar-refractivity contribution in [1.29, 1.82) is 0 Å². The van der Waals surface area contributed by atoms with Crippen molar-refractivity contribution in [3.8, 4) is 0 Å². The summed E-state index contributed by atoms with van der Waals surface area (Å²) in [4.78, 5) is 28.2. The van der Waals surface area contributed by atoms with Gasteiger partial charge in [-0.25, -0.2) is 8.78 Å². The fraction of sp³-hybridized carbons (Fsp3) is 0.273. The van der Waals surface area contributed by atoms with Gasteiger partial charge in [0.25, 0.3) is 0 Å². The van der Waals surface area contributed by atoms with E-state index in [4.69, 9.17) is 0 Å². The van der Waals surface area contributed by atoms with E-state index in [-0.39, 0.29) is 18.0 Å². The van der Waals surface area contributed by atoms with E-state index in [0.717, 1.165) is 37.3 Å². The van der Waals surface area contributed by atoms with E-state index >= 15 is 0 Å². The summed E-state index contributed by atoms with van der Waals surface area (Å²) in [5.41, 5.74) is 1.00. The highest BCUT2D eigenvalue weighted by atomic mass is 19.1. The Labute approximate surface area is 168 Å². The van der Waals surface area contributed by atoms with Crippen LogP contribution in [0.4, 0.5) is 14.5 Å². The molecule has 2 aromatic carbocycles. The van der Waals surface area contributed by atoms with Crippen molar-refractivity contribution in [3.05, 3.63) is 71.8 Å². The van der Waals surface area contributed by atoms with Crippen LogP contribution >= 0.6 is 0 Å². The van der Waals surface area contributed by atoms with Gasteiger partial charge in [0, 0.05) is 38.8 Å². The lowest BCUT2D eigenvalue weighted by atomic mass is 10.2. The fourth-order valence-electron chi connectivity index (χ4n) is 3.12. The van der Waals surface area contributed by atoms with Crippen LogP contribution in [0.5, 0.6) is 0 Å². The number of halogens is 2. The highest BCUT2D eigenvalue weighted by Crippen LogP contribution is 2.15. The average molecular weight is 399 g/mol. The van der Waals surface area contributed by atoms with Crippen LogP contribution in [0.2, 0.25) is 0 Å². The predicted octanol–water partition coefficient (Wildman–Crippen LogP) is 3.15. The molecule has 0 saturated carbocycles. The van der Waals surface area contributed by atoms with Gasteiger partial charge in [0.2, 0.25) is 11.8 Å². The molecule has 5 nitrogen and oxygen atoms in total. The van der Waals surface area contributed by atoms with Crippen molar-refractivity contribution in [1.82, 2.24) is 9.80 Å². The molecule has 0 atom stereocenters. The third kappa shape index (κ3) is 6.22. The molecule has 3 rings (SSSR count). The van der Waals surface area contributed by atoms with Crippen molar-refractivity contribution < 1.29 is 18.4 Å². The second-order valence-electron chi connectivity index (χ2n) is 6.84. The number of benzene rings is 2.